The summed E-state index contributed by atoms with van der Waals surface area (Å²) in [5.41, 5.74) is 2.32. The fourth-order valence-corrected chi connectivity index (χ4v) is 3.31. The second-order valence-corrected chi connectivity index (χ2v) is 5.77. The zero-order valence-corrected chi connectivity index (χ0v) is 12.2. The molecule has 1 atom stereocenters. The van der Waals surface area contributed by atoms with E-state index in [-0.39, 0.29) is 0 Å². The lowest BCUT2D eigenvalue weighted by molar-refractivity contribution is 0.317. The minimum Gasteiger partial charge on any atom is -0.348 e. The summed E-state index contributed by atoms with van der Waals surface area (Å²) in [6.07, 6.45) is 4.86. The number of hydrogen-bond donors (Lipinski definition) is 1. The molecule has 0 saturated carbocycles. The van der Waals surface area contributed by atoms with Crippen molar-refractivity contribution in [1.82, 2.24) is 24.4 Å². The molecule has 0 aliphatic carbocycles. The van der Waals surface area contributed by atoms with Crippen molar-refractivity contribution < 1.29 is 0 Å². The molecule has 3 aromatic rings. The van der Waals surface area contributed by atoms with E-state index in [1.165, 1.54) is 11.3 Å². The Morgan fingerprint density at radius 2 is 2.24 bits per heavy atom. The van der Waals surface area contributed by atoms with Crippen LogP contribution >= 0.6 is 0 Å². The molecule has 5 nitrogen and oxygen atoms in total. The summed E-state index contributed by atoms with van der Waals surface area (Å²) < 4.78 is 2.25. The number of benzene rings is 1. The fraction of sp³-hybridized carbons (Fsp3) is 0.375. The van der Waals surface area contributed by atoms with E-state index in [1.807, 2.05) is 12.4 Å². The zero-order chi connectivity index (χ0) is 14.2. The highest BCUT2D eigenvalue weighted by molar-refractivity contribution is 5.75. The normalized spacial score (nSPS) is 19.6. The van der Waals surface area contributed by atoms with Crippen LogP contribution in [0.25, 0.3) is 11.0 Å². The van der Waals surface area contributed by atoms with Crippen LogP contribution in [0.15, 0.2) is 36.7 Å². The molecule has 108 valence electrons. The number of aromatic amines is 1. The predicted octanol–water partition coefficient (Wildman–Crippen LogP) is 2.29. The van der Waals surface area contributed by atoms with Gasteiger partial charge in [-0.1, -0.05) is 12.1 Å². The Labute approximate surface area is 123 Å². The Morgan fingerprint density at radius 3 is 3.05 bits per heavy atom. The Hall–Kier alpha value is -2.14. The van der Waals surface area contributed by atoms with Crippen molar-refractivity contribution in [2.75, 3.05) is 13.1 Å². The van der Waals surface area contributed by atoms with Gasteiger partial charge in [-0.15, -0.1) is 0 Å². The van der Waals surface area contributed by atoms with Crippen LogP contribution in [0.4, 0.5) is 0 Å². The van der Waals surface area contributed by atoms with E-state index < -0.39 is 0 Å². The van der Waals surface area contributed by atoms with Crippen molar-refractivity contribution in [3.63, 3.8) is 0 Å². The number of hydrogen-bond acceptors (Lipinski definition) is 3. The molecule has 1 aromatic carbocycles. The van der Waals surface area contributed by atoms with Crippen molar-refractivity contribution in [3.05, 3.63) is 48.3 Å². The van der Waals surface area contributed by atoms with Gasteiger partial charge in [-0.25, -0.2) is 9.97 Å². The van der Waals surface area contributed by atoms with Crippen molar-refractivity contribution in [2.24, 2.45) is 7.05 Å². The SMILES string of the molecule is Cn1c([C@H]2CCN(Cc3ncc[nH]3)C2)nc2ccccc21. The zero-order valence-electron chi connectivity index (χ0n) is 12.2. The first-order chi connectivity index (χ1) is 10.3. The number of nitrogens with one attached hydrogen (secondary N) is 1. The molecule has 5 heteroatoms. The Balaban J connectivity index is 1.55. The highest BCUT2D eigenvalue weighted by atomic mass is 15.2. The number of aromatic nitrogens is 4. The molecule has 21 heavy (non-hydrogen) atoms. The van der Waals surface area contributed by atoms with Gasteiger partial charge in [0.1, 0.15) is 11.6 Å². The summed E-state index contributed by atoms with van der Waals surface area (Å²) in [7, 11) is 2.12. The summed E-state index contributed by atoms with van der Waals surface area (Å²) in [5, 5.41) is 0. The topological polar surface area (TPSA) is 49.7 Å². The number of likely N-dealkylation sites (tertiary alicyclic amines) is 1. The van der Waals surface area contributed by atoms with Crippen LogP contribution in [0, 0.1) is 0 Å². The molecule has 0 amide bonds. The van der Waals surface area contributed by atoms with Crippen LogP contribution in [0.3, 0.4) is 0 Å². The molecule has 1 aliphatic heterocycles. The lowest BCUT2D eigenvalue weighted by Gasteiger charge is -2.14. The first-order valence-corrected chi connectivity index (χ1v) is 7.43. The molecule has 2 aromatic heterocycles. The molecule has 0 radical (unpaired) electrons. The van der Waals surface area contributed by atoms with E-state index in [9.17, 15) is 0 Å². The van der Waals surface area contributed by atoms with Crippen molar-refractivity contribution in [2.45, 2.75) is 18.9 Å². The van der Waals surface area contributed by atoms with Crippen LogP contribution in [-0.2, 0) is 13.6 Å². The van der Waals surface area contributed by atoms with Crippen LogP contribution in [0.2, 0.25) is 0 Å². The van der Waals surface area contributed by atoms with E-state index in [0.29, 0.717) is 5.92 Å². The molecular formula is C16H19N5. The maximum Gasteiger partial charge on any atom is 0.120 e. The summed E-state index contributed by atoms with van der Waals surface area (Å²) >= 11 is 0. The molecule has 3 heterocycles. The first-order valence-electron chi connectivity index (χ1n) is 7.43. The van der Waals surface area contributed by atoms with Gasteiger partial charge in [-0.05, 0) is 25.1 Å². The van der Waals surface area contributed by atoms with Crippen LogP contribution in [0.5, 0.6) is 0 Å². The molecule has 1 fully saturated rings. The van der Waals surface area contributed by atoms with Crippen LogP contribution < -0.4 is 0 Å². The number of para-hydroxylation sites is 2. The molecular weight excluding hydrogens is 262 g/mol. The number of nitrogens with zero attached hydrogens (tertiary/aromatic N) is 4. The molecule has 4 rings (SSSR count). The minimum atomic E-state index is 0.511. The number of aryl methyl sites for hydroxylation is 1. The van der Waals surface area contributed by atoms with Gasteiger partial charge in [-0.3, -0.25) is 4.90 Å². The van der Waals surface area contributed by atoms with Crippen LogP contribution in [-0.4, -0.2) is 37.5 Å². The minimum absolute atomic E-state index is 0.511. The highest BCUT2D eigenvalue weighted by Gasteiger charge is 2.27. The van der Waals surface area contributed by atoms with E-state index in [1.54, 1.807) is 0 Å². The average Bonchev–Trinajstić information content (AvgIpc) is 3.21. The van der Waals surface area contributed by atoms with Crippen LogP contribution in [0.1, 0.15) is 24.0 Å². The third-order valence-electron chi connectivity index (χ3n) is 4.39. The molecule has 0 unspecified atom stereocenters. The first kappa shape index (κ1) is 12.6. The highest BCUT2D eigenvalue weighted by Crippen LogP contribution is 2.29. The molecule has 1 N–H and O–H groups in total. The van der Waals surface area contributed by atoms with E-state index >= 15 is 0 Å². The Morgan fingerprint density at radius 1 is 1.33 bits per heavy atom. The van der Waals surface area contributed by atoms with Crippen molar-refractivity contribution in [3.8, 4) is 0 Å². The van der Waals surface area contributed by atoms with Crippen molar-refractivity contribution in [1.29, 1.82) is 0 Å². The molecule has 0 bridgehead atoms. The number of rotatable bonds is 3. The van der Waals surface area contributed by atoms with Gasteiger partial charge in [0.25, 0.3) is 0 Å². The van der Waals surface area contributed by atoms with Gasteiger partial charge in [0.2, 0.25) is 0 Å². The van der Waals surface area contributed by atoms with Gasteiger partial charge in [0, 0.05) is 31.9 Å². The summed E-state index contributed by atoms with van der Waals surface area (Å²) in [5.74, 6) is 2.76. The molecule has 1 saturated heterocycles. The summed E-state index contributed by atoms with van der Waals surface area (Å²) in [6, 6.07) is 8.36. The smallest absolute Gasteiger partial charge is 0.120 e. The number of fused-ring (bicyclic) bond motifs is 1. The summed E-state index contributed by atoms with van der Waals surface area (Å²) in [4.78, 5) is 14.8. The van der Waals surface area contributed by atoms with Gasteiger partial charge >= 0.3 is 0 Å². The number of imidazole rings is 2. The van der Waals surface area contributed by atoms with Gasteiger partial charge < -0.3 is 9.55 Å². The van der Waals surface area contributed by atoms with Gasteiger partial charge in [0.15, 0.2) is 0 Å². The largest absolute Gasteiger partial charge is 0.348 e. The Kier molecular flexibility index (Phi) is 3.00. The number of H-pyrrole nitrogens is 1. The second kappa shape index (κ2) is 5.00. The lowest BCUT2D eigenvalue weighted by atomic mass is 10.1. The fourth-order valence-electron chi connectivity index (χ4n) is 3.31. The quantitative estimate of drug-likeness (QED) is 0.801. The standard InChI is InChI=1S/C16H19N5/c1-20-14-5-3-2-4-13(14)19-16(20)12-6-9-21(10-12)11-15-17-7-8-18-15/h2-5,7-8,12H,6,9-11H2,1H3,(H,17,18)/t12-/m0/s1. The third kappa shape index (κ3) is 2.23. The Bertz CT molecular complexity index is 743. The second-order valence-electron chi connectivity index (χ2n) is 5.77. The van der Waals surface area contributed by atoms with E-state index in [4.69, 9.17) is 4.98 Å². The predicted molar refractivity (Wildman–Crippen MR) is 81.9 cm³/mol. The maximum atomic E-state index is 4.84. The average molecular weight is 281 g/mol. The molecule has 1 aliphatic rings. The van der Waals surface area contributed by atoms with E-state index in [0.717, 1.165) is 37.4 Å². The lowest BCUT2D eigenvalue weighted by Crippen LogP contribution is -2.21. The monoisotopic (exact) mass is 281 g/mol. The molecule has 0 spiro atoms. The van der Waals surface area contributed by atoms with E-state index in [2.05, 4.69) is 50.7 Å². The maximum absolute atomic E-state index is 4.84. The third-order valence-corrected chi connectivity index (χ3v) is 4.39. The van der Waals surface area contributed by atoms with Crippen molar-refractivity contribution >= 4 is 11.0 Å². The van der Waals surface area contributed by atoms with Gasteiger partial charge in [0.05, 0.1) is 17.6 Å². The van der Waals surface area contributed by atoms with Gasteiger partial charge in [-0.2, -0.15) is 0 Å². The summed E-state index contributed by atoms with van der Waals surface area (Å²) in [6.45, 7) is 3.06.